The summed E-state index contributed by atoms with van der Waals surface area (Å²) in [6.45, 7) is 2.17. The van der Waals surface area contributed by atoms with Gasteiger partial charge in [-0.1, -0.05) is 33.3 Å². The normalized spacial score (nSPS) is 16.0. The number of nitrogens with zero attached hydrogens (tertiary/aromatic N) is 4. The SMILES string of the molecule is CN(C)CCCN(C(=O)C1CCN(S(=O)(=O)c2cccs2)CC1)c1nc2ccc(Br)cc2s1. The summed E-state index contributed by atoms with van der Waals surface area (Å²) in [6, 6.07) is 9.31. The van der Waals surface area contributed by atoms with E-state index in [1.165, 1.54) is 27.0 Å². The van der Waals surface area contributed by atoms with E-state index in [0.29, 0.717) is 41.8 Å². The highest BCUT2D eigenvalue weighted by molar-refractivity contribution is 9.10. The van der Waals surface area contributed by atoms with Crippen LogP contribution in [0.3, 0.4) is 0 Å². The molecule has 1 aromatic carbocycles. The van der Waals surface area contributed by atoms with Gasteiger partial charge in [0.1, 0.15) is 4.21 Å². The molecule has 7 nitrogen and oxygen atoms in total. The van der Waals surface area contributed by atoms with Crippen LogP contribution in [0.15, 0.2) is 44.4 Å². The van der Waals surface area contributed by atoms with Gasteiger partial charge in [-0.05, 0) is 69.5 Å². The second kappa shape index (κ2) is 10.5. The zero-order chi connectivity index (χ0) is 23.6. The number of halogens is 1. The topological polar surface area (TPSA) is 73.8 Å². The first-order chi connectivity index (χ1) is 15.8. The third kappa shape index (κ3) is 5.66. The van der Waals surface area contributed by atoms with E-state index in [2.05, 4.69) is 20.8 Å². The van der Waals surface area contributed by atoms with Gasteiger partial charge in [0.25, 0.3) is 10.0 Å². The Hall–Kier alpha value is -1.37. The van der Waals surface area contributed by atoms with Crippen LogP contribution < -0.4 is 4.90 Å². The van der Waals surface area contributed by atoms with Gasteiger partial charge in [0.2, 0.25) is 5.91 Å². The second-order valence-electron chi connectivity index (χ2n) is 8.37. The number of thiophene rings is 1. The maximum absolute atomic E-state index is 13.6. The first-order valence-electron chi connectivity index (χ1n) is 10.8. The lowest BCUT2D eigenvalue weighted by Gasteiger charge is -2.32. The molecule has 0 atom stereocenters. The molecule has 4 rings (SSSR count). The Morgan fingerprint density at radius 1 is 1.21 bits per heavy atom. The molecule has 0 radical (unpaired) electrons. The number of hydrogen-bond acceptors (Lipinski definition) is 7. The van der Waals surface area contributed by atoms with Crippen LogP contribution in [0.1, 0.15) is 19.3 Å². The van der Waals surface area contributed by atoms with Crippen LogP contribution in [0.25, 0.3) is 10.2 Å². The largest absolute Gasteiger partial charge is 0.309 e. The number of carbonyl (C=O) groups excluding carboxylic acids is 1. The molecule has 11 heteroatoms. The van der Waals surface area contributed by atoms with Crippen LogP contribution in [-0.4, -0.2) is 68.8 Å². The number of sulfonamides is 1. The van der Waals surface area contributed by atoms with Gasteiger partial charge >= 0.3 is 0 Å². The van der Waals surface area contributed by atoms with E-state index in [1.807, 2.05) is 37.2 Å². The average molecular weight is 572 g/mol. The molecule has 1 saturated heterocycles. The molecule has 0 spiro atoms. The number of hydrogen-bond donors (Lipinski definition) is 0. The molecule has 2 aromatic heterocycles. The van der Waals surface area contributed by atoms with Crippen LogP contribution in [0, 0.1) is 5.92 Å². The summed E-state index contributed by atoms with van der Waals surface area (Å²) in [7, 11) is 0.559. The molecule has 0 saturated carbocycles. The van der Waals surface area contributed by atoms with Crippen molar-refractivity contribution in [2.24, 2.45) is 5.92 Å². The van der Waals surface area contributed by atoms with Gasteiger partial charge in [-0.25, -0.2) is 13.4 Å². The summed E-state index contributed by atoms with van der Waals surface area (Å²) in [5.41, 5.74) is 0.875. The summed E-state index contributed by atoms with van der Waals surface area (Å²) in [6.07, 6.45) is 1.87. The Morgan fingerprint density at radius 3 is 2.64 bits per heavy atom. The summed E-state index contributed by atoms with van der Waals surface area (Å²) >= 11 is 6.25. The second-order valence-corrected chi connectivity index (χ2v) is 13.4. The fourth-order valence-electron chi connectivity index (χ4n) is 3.95. The number of thiazole rings is 1. The van der Waals surface area contributed by atoms with Crippen LogP contribution in [0.4, 0.5) is 5.13 Å². The van der Waals surface area contributed by atoms with Crippen molar-refractivity contribution in [1.82, 2.24) is 14.2 Å². The fraction of sp³-hybridized carbons (Fsp3) is 0.455. The van der Waals surface area contributed by atoms with E-state index in [1.54, 1.807) is 17.5 Å². The first kappa shape index (κ1) is 24.7. The van der Waals surface area contributed by atoms with Gasteiger partial charge in [-0.15, -0.1) is 11.3 Å². The number of amides is 1. The Balaban J connectivity index is 1.50. The minimum absolute atomic E-state index is 0.0417. The third-order valence-electron chi connectivity index (χ3n) is 5.72. The maximum atomic E-state index is 13.6. The molecular formula is C22H27BrN4O3S3. The highest BCUT2D eigenvalue weighted by Crippen LogP contribution is 2.33. The van der Waals surface area contributed by atoms with Crippen LogP contribution in [-0.2, 0) is 14.8 Å². The van der Waals surface area contributed by atoms with E-state index < -0.39 is 10.0 Å². The molecule has 1 amide bonds. The predicted molar refractivity (Wildman–Crippen MR) is 139 cm³/mol. The highest BCUT2D eigenvalue weighted by atomic mass is 79.9. The molecule has 0 aliphatic carbocycles. The molecule has 0 unspecified atom stereocenters. The summed E-state index contributed by atoms with van der Waals surface area (Å²) in [5.74, 6) is -0.169. The molecule has 3 heterocycles. The van der Waals surface area contributed by atoms with Gasteiger partial charge in [-0.3, -0.25) is 9.69 Å². The van der Waals surface area contributed by atoms with E-state index >= 15 is 0 Å². The van der Waals surface area contributed by atoms with E-state index in [0.717, 1.165) is 27.7 Å². The van der Waals surface area contributed by atoms with Crippen LogP contribution >= 0.6 is 38.6 Å². The number of benzene rings is 1. The minimum atomic E-state index is -3.48. The van der Waals surface area contributed by atoms with Crippen molar-refractivity contribution in [1.29, 1.82) is 0 Å². The number of fused-ring (bicyclic) bond motifs is 1. The monoisotopic (exact) mass is 570 g/mol. The Labute approximate surface area is 211 Å². The summed E-state index contributed by atoms with van der Waals surface area (Å²) in [5, 5.41) is 2.48. The Morgan fingerprint density at radius 2 is 1.97 bits per heavy atom. The highest BCUT2D eigenvalue weighted by Gasteiger charge is 2.35. The van der Waals surface area contributed by atoms with Crippen LogP contribution in [0.5, 0.6) is 0 Å². The Kier molecular flexibility index (Phi) is 7.87. The molecule has 1 aliphatic rings. The molecule has 1 aliphatic heterocycles. The van der Waals surface area contributed by atoms with Crippen molar-refractivity contribution in [3.63, 3.8) is 0 Å². The lowest BCUT2D eigenvalue weighted by Crippen LogP contribution is -2.45. The number of piperidine rings is 1. The molecule has 33 heavy (non-hydrogen) atoms. The zero-order valence-corrected chi connectivity index (χ0v) is 22.6. The average Bonchev–Trinajstić information content (AvgIpc) is 3.46. The summed E-state index contributed by atoms with van der Waals surface area (Å²) < 4.78 is 29.6. The smallest absolute Gasteiger partial charge is 0.252 e. The van der Waals surface area contributed by atoms with Crippen molar-refractivity contribution in [2.45, 2.75) is 23.5 Å². The van der Waals surface area contributed by atoms with Gasteiger partial charge < -0.3 is 4.90 Å². The maximum Gasteiger partial charge on any atom is 0.252 e. The molecule has 0 N–H and O–H groups in total. The number of aromatic nitrogens is 1. The van der Waals surface area contributed by atoms with Gasteiger partial charge in [-0.2, -0.15) is 4.31 Å². The van der Waals surface area contributed by atoms with E-state index in [4.69, 9.17) is 4.98 Å². The Bertz CT molecular complexity index is 1200. The van der Waals surface area contributed by atoms with Gasteiger partial charge in [0, 0.05) is 30.0 Å². The van der Waals surface area contributed by atoms with Crippen molar-refractivity contribution in [3.8, 4) is 0 Å². The van der Waals surface area contributed by atoms with Gasteiger partial charge in [0.15, 0.2) is 5.13 Å². The summed E-state index contributed by atoms with van der Waals surface area (Å²) in [4.78, 5) is 22.3. The number of rotatable bonds is 8. The zero-order valence-electron chi connectivity index (χ0n) is 18.6. The van der Waals surface area contributed by atoms with Crippen molar-refractivity contribution < 1.29 is 13.2 Å². The third-order valence-corrected chi connectivity index (χ3v) is 10.5. The van der Waals surface area contributed by atoms with Crippen molar-refractivity contribution >= 4 is 69.9 Å². The molecular weight excluding hydrogens is 544 g/mol. The minimum Gasteiger partial charge on any atom is -0.309 e. The number of carbonyl (C=O) groups is 1. The molecule has 0 bridgehead atoms. The lowest BCUT2D eigenvalue weighted by atomic mass is 9.96. The molecule has 1 fully saturated rings. The van der Waals surface area contributed by atoms with Gasteiger partial charge in [0.05, 0.1) is 10.2 Å². The van der Waals surface area contributed by atoms with Crippen molar-refractivity contribution in [2.75, 3.05) is 45.2 Å². The fourth-order valence-corrected chi connectivity index (χ4v) is 8.11. The lowest BCUT2D eigenvalue weighted by molar-refractivity contribution is -0.123. The quantitative estimate of drug-likeness (QED) is 0.398. The van der Waals surface area contributed by atoms with Crippen LogP contribution in [0.2, 0.25) is 0 Å². The van der Waals surface area contributed by atoms with Crippen molar-refractivity contribution in [3.05, 3.63) is 40.2 Å². The first-order valence-corrected chi connectivity index (χ1v) is 14.7. The standard InChI is InChI=1S/C22H27BrN4O3S3/c1-25(2)10-4-11-27(22-24-18-7-6-17(23)15-19(18)32-22)21(28)16-8-12-26(13-9-16)33(29,30)20-5-3-14-31-20/h3,5-7,14-16H,4,8-13H2,1-2H3. The molecule has 3 aromatic rings. The number of anilines is 1. The van der Waals surface area contributed by atoms with E-state index in [9.17, 15) is 13.2 Å². The predicted octanol–water partition coefficient (Wildman–Crippen LogP) is 4.51. The molecule has 178 valence electrons. The van der Waals surface area contributed by atoms with E-state index in [-0.39, 0.29) is 11.8 Å².